The van der Waals surface area contributed by atoms with E-state index in [2.05, 4.69) is 0 Å². The normalized spacial score (nSPS) is 11.3. The van der Waals surface area contributed by atoms with E-state index in [9.17, 15) is 19.7 Å². The van der Waals surface area contributed by atoms with Crippen molar-refractivity contribution in [3.8, 4) is 11.5 Å². The van der Waals surface area contributed by atoms with E-state index in [1.54, 1.807) is 66.7 Å². The van der Waals surface area contributed by atoms with E-state index < -0.39 is 17.0 Å². The first-order valence-corrected chi connectivity index (χ1v) is 10.9. The summed E-state index contributed by atoms with van der Waals surface area (Å²) in [5.41, 5.74) is 0.987. The van der Waals surface area contributed by atoms with Gasteiger partial charge in [-0.3, -0.25) is 14.9 Å². The van der Waals surface area contributed by atoms with Crippen LogP contribution in [0.4, 0.5) is 5.69 Å². The number of nitrogens with zero attached hydrogens (tertiary/aromatic N) is 1. The average Bonchev–Trinajstić information content (AvgIpc) is 2.88. The van der Waals surface area contributed by atoms with Gasteiger partial charge in [0.15, 0.2) is 6.10 Å². The first kappa shape index (κ1) is 23.7. The van der Waals surface area contributed by atoms with Gasteiger partial charge in [-0.25, -0.2) is 4.79 Å². The van der Waals surface area contributed by atoms with Crippen molar-refractivity contribution in [2.75, 3.05) is 0 Å². The SMILES string of the molecule is O=C(O[C@@H](C(=O)c1ccccc1)c1ccc(Cl)cc1)c1cccc(Oc2ccc([N+](=O)[O-])cc2)c1. The van der Waals surface area contributed by atoms with Gasteiger partial charge in [-0.05, 0) is 42.5 Å². The van der Waals surface area contributed by atoms with E-state index >= 15 is 0 Å². The summed E-state index contributed by atoms with van der Waals surface area (Å²) in [4.78, 5) is 36.5. The number of hydrogen-bond acceptors (Lipinski definition) is 6. The van der Waals surface area contributed by atoms with Crippen LogP contribution in [0.25, 0.3) is 0 Å². The van der Waals surface area contributed by atoms with Crippen LogP contribution in [0.15, 0.2) is 103 Å². The number of benzene rings is 4. The van der Waals surface area contributed by atoms with Gasteiger partial charge in [-0.15, -0.1) is 0 Å². The van der Waals surface area contributed by atoms with Gasteiger partial charge in [0.2, 0.25) is 5.78 Å². The Morgan fingerprint density at radius 2 is 1.43 bits per heavy atom. The van der Waals surface area contributed by atoms with Crippen molar-refractivity contribution < 1.29 is 24.0 Å². The van der Waals surface area contributed by atoms with Crippen LogP contribution < -0.4 is 4.74 Å². The number of hydrogen-bond donors (Lipinski definition) is 0. The lowest BCUT2D eigenvalue weighted by Gasteiger charge is -2.18. The lowest BCUT2D eigenvalue weighted by atomic mass is 9.99. The van der Waals surface area contributed by atoms with Crippen LogP contribution in [0, 0.1) is 10.1 Å². The molecule has 0 radical (unpaired) electrons. The van der Waals surface area contributed by atoms with Crippen LogP contribution in [0.1, 0.15) is 32.4 Å². The molecule has 4 rings (SSSR count). The van der Waals surface area contributed by atoms with Crippen molar-refractivity contribution in [1.82, 2.24) is 0 Å². The summed E-state index contributed by atoms with van der Waals surface area (Å²) in [5, 5.41) is 11.3. The number of ketones is 1. The van der Waals surface area contributed by atoms with E-state index in [1.807, 2.05) is 0 Å². The first-order valence-electron chi connectivity index (χ1n) is 10.5. The van der Waals surface area contributed by atoms with Gasteiger partial charge in [0.25, 0.3) is 5.69 Å². The Balaban J connectivity index is 1.56. The largest absolute Gasteiger partial charge is 0.457 e. The van der Waals surface area contributed by atoms with Crippen molar-refractivity contribution in [1.29, 1.82) is 0 Å². The number of non-ortho nitro benzene ring substituents is 1. The minimum absolute atomic E-state index is 0.0639. The van der Waals surface area contributed by atoms with E-state index in [-0.39, 0.29) is 17.0 Å². The lowest BCUT2D eigenvalue weighted by molar-refractivity contribution is -0.384. The van der Waals surface area contributed by atoms with Gasteiger partial charge in [0, 0.05) is 28.3 Å². The van der Waals surface area contributed by atoms with Crippen molar-refractivity contribution in [2.45, 2.75) is 6.10 Å². The molecule has 0 N–H and O–H groups in total. The Morgan fingerprint density at radius 3 is 2.09 bits per heavy atom. The molecule has 0 spiro atoms. The molecule has 0 saturated carbocycles. The number of nitro benzene ring substituents is 1. The van der Waals surface area contributed by atoms with E-state index in [1.165, 1.54) is 36.4 Å². The molecule has 0 bridgehead atoms. The van der Waals surface area contributed by atoms with Crippen molar-refractivity contribution in [3.63, 3.8) is 0 Å². The molecule has 0 fully saturated rings. The second-order valence-corrected chi connectivity index (χ2v) is 7.88. The third kappa shape index (κ3) is 5.90. The molecule has 1 atom stereocenters. The highest BCUT2D eigenvalue weighted by molar-refractivity contribution is 6.30. The maximum absolute atomic E-state index is 13.2. The zero-order valence-corrected chi connectivity index (χ0v) is 18.9. The fraction of sp³-hybridized carbons (Fsp3) is 0.0370. The smallest absolute Gasteiger partial charge is 0.339 e. The summed E-state index contributed by atoms with van der Waals surface area (Å²) in [5.74, 6) is -0.409. The maximum Gasteiger partial charge on any atom is 0.339 e. The minimum Gasteiger partial charge on any atom is -0.457 e. The molecular formula is C27H18ClNO6. The summed E-state index contributed by atoms with van der Waals surface area (Å²) in [6.07, 6.45) is -1.18. The molecule has 0 heterocycles. The quantitative estimate of drug-likeness (QED) is 0.117. The van der Waals surface area contributed by atoms with E-state index in [0.29, 0.717) is 27.6 Å². The predicted octanol–water partition coefficient (Wildman–Crippen LogP) is 6.82. The fourth-order valence-electron chi connectivity index (χ4n) is 3.30. The fourth-order valence-corrected chi connectivity index (χ4v) is 3.42. The molecule has 4 aromatic rings. The van der Waals surface area contributed by atoms with Gasteiger partial charge in [0.05, 0.1) is 10.5 Å². The molecule has 0 saturated heterocycles. The van der Waals surface area contributed by atoms with Gasteiger partial charge in [0.1, 0.15) is 11.5 Å². The van der Waals surface area contributed by atoms with Gasteiger partial charge in [-0.2, -0.15) is 0 Å². The van der Waals surface area contributed by atoms with E-state index in [0.717, 1.165) is 0 Å². The number of rotatable bonds is 8. The summed E-state index contributed by atoms with van der Waals surface area (Å²) in [7, 11) is 0. The zero-order valence-electron chi connectivity index (χ0n) is 18.2. The predicted molar refractivity (Wildman–Crippen MR) is 130 cm³/mol. The molecule has 0 amide bonds. The molecule has 7 nitrogen and oxygen atoms in total. The summed E-state index contributed by atoms with van der Waals surface area (Å²) >= 11 is 5.98. The van der Waals surface area contributed by atoms with Gasteiger partial charge < -0.3 is 9.47 Å². The number of esters is 1. The second-order valence-electron chi connectivity index (χ2n) is 7.45. The van der Waals surface area contributed by atoms with Crippen LogP contribution in [0.5, 0.6) is 11.5 Å². The Hall–Kier alpha value is -4.49. The zero-order chi connectivity index (χ0) is 24.8. The molecule has 0 aromatic heterocycles. The Labute approximate surface area is 205 Å². The molecular weight excluding hydrogens is 470 g/mol. The Morgan fingerprint density at radius 1 is 0.771 bits per heavy atom. The maximum atomic E-state index is 13.2. The highest BCUT2D eigenvalue weighted by Crippen LogP contribution is 2.28. The van der Waals surface area contributed by atoms with Crippen molar-refractivity contribution >= 4 is 29.0 Å². The third-order valence-electron chi connectivity index (χ3n) is 5.05. The molecule has 174 valence electrons. The van der Waals surface area contributed by atoms with Crippen molar-refractivity contribution in [2.24, 2.45) is 0 Å². The number of nitro groups is 1. The van der Waals surface area contributed by atoms with Crippen LogP contribution in [0.2, 0.25) is 5.02 Å². The number of halogens is 1. The lowest BCUT2D eigenvalue weighted by Crippen LogP contribution is -2.20. The van der Waals surface area contributed by atoms with Crippen molar-refractivity contribution in [3.05, 3.63) is 135 Å². The van der Waals surface area contributed by atoms with Crippen LogP contribution in [-0.4, -0.2) is 16.7 Å². The Kier molecular flexibility index (Phi) is 7.18. The van der Waals surface area contributed by atoms with Crippen LogP contribution in [-0.2, 0) is 4.74 Å². The van der Waals surface area contributed by atoms with Gasteiger partial charge in [-0.1, -0.05) is 60.1 Å². The summed E-state index contributed by atoms with van der Waals surface area (Å²) < 4.78 is 11.4. The standard InChI is InChI=1S/C27H18ClNO6/c28-21-11-9-19(10-12-21)26(25(30)18-5-2-1-3-6-18)35-27(31)20-7-4-8-24(17-20)34-23-15-13-22(14-16-23)29(32)33/h1-17,26H/t26-/m1/s1. The number of carbonyl (C=O) groups is 2. The highest BCUT2D eigenvalue weighted by Gasteiger charge is 2.27. The molecule has 4 aromatic carbocycles. The minimum atomic E-state index is -1.18. The Bertz CT molecular complexity index is 1350. The summed E-state index contributed by atoms with van der Waals surface area (Å²) in [6, 6.07) is 26.8. The van der Waals surface area contributed by atoms with Crippen LogP contribution >= 0.6 is 11.6 Å². The molecule has 0 unspecified atom stereocenters. The number of carbonyl (C=O) groups excluding carboxylic acids is 2. The third-order valence-corrected chi connectivity index (χ3v) is 5.30. The molecule has 8 heteroatoms. The van der Waals surface area contributed by atoms with E-state index in [4.69, 9.17) is 21.1 Å². The molecule has 0 aliphatic heterocycles. The number of ether oxygens (including phenoxy) is 2. The summed E-state index contributed by atoms with van der Waals surface area (Å²) in [6.45, 7) is 0. The monoisotopic (exact) mass is 487 g/mol. The molecule has 35 heavy (non-hydrogen) atoms. The number of Topliss-reactive ketones (excluding diaryl/α,β-unsaturated/α-hetero) is 1. The second kappa shape index (κ2) is 10.6. The van der Waals surface area contributed by atoms with Crippen LogP contribution in [0.3, 0.4) is 0 Å². The van der Waals surface area contributed by atoms with Gasteiger partial charge >= 0.3 is 5.97 Å². The first-order chi connectivity index (χ1) is 16.9. The highest BCUT2D eigenvalue weighted by atomic mass is 35.5. The average molecular weight is 488 g/mol. The molecule has 0 aliphatic carbocycles. The topological polar surface area (TPSA) is 95.7 Å². The molecule has 0 aliphatic rings.